The molecule has 14 rings (SSSR count). The van der Waals surface area contributed by atoms with Crippen LogP contribution in [0.1, 0.15) is 0 Å². The molecule has 0 N–H and O–H groups in total. The molecule has 0 unspecified atom stereocenters. The molecule has 13 aromatic rings. The third-order valence-corrected chi connectivity index (χ3v) is 13.6. The number of benzene rings is 9. The van der Waals surface area contributed by atoms with Crippen molar-refractivity contribution in [2.45, 2.75) is 0 Å². The maximum atomic E-state index is 5.69. The summed E-state index contributed by atoms with van der Waals surface area (Å²) in [6.45, 7) is 0. The van der Waals surface area contributed by atoms with Crippen LogP contribution < -0.4 is 0 Å². The monoisotopic (exact) mass is 740 g/mol. The molecule has 0 bridgehead atoms. The summed E-state index contributed by atoms with van der Waals surface area (Å²) in [6, 6.07) is 62.0. The van der Waals surface area contributed by atoms with Crippen LogP contribution in [0, 0.1) is 0 Å². The van der Waals surface area contributed by atoms with Crippen LogP contribution in [0.4, 0.5) is 0 Å². The Bertz CT molecular complexity index is 3920. The van der Waals surface area contributed by atoms with Crippen molar-refractivity contribution in [2.24, 2.45) is 0 Å². The number of rotatable bonds is 3. The minimum Gasteiger partial charge on any atom is -0.309 e. The van der Waals surface area contributed by atoms with Crippen LogP contribution in [0.15, 0.2) is 170 Å². The Labute approximate surface area is 329 Å². The Morgan fingerprint density at radius 1 is 0.351 bits per heavy atom. The lowest BCUT2D eigenvalue weighted by Crippen LogP contribution is -2.04. The standard InChI is InChI=1S/C52H28N4S/c1-2-13-31(14-3-1)55-39-26-24-30-12-8-17-33-34-18-9-20-38-46(34)48-41(28-27-40(55)49(48)47(39)44(30)33)56(38)52-53-50-32-15-5-4-11-29(32)23-25-37(50)51(54-52)36-19-10-22-43-45(36)35-16-6-7-21-42(35)57-43/h1-28H. The normalized spacial score (nSPS) is 12.6. The van der Waals surface area contributed by atoms with Gasteiger partial charge in [-0.1, -0.05) is 115 Å². The third-order valence-electron chi connectivity index (χ3n) is 12.4. The van der Waals surface area contributed by atoms with Gasteiger partial charge in [0.25, 0.3) is 0 Å². The van der Waals surface area contributed by atoms with Gasteiger partial charge in [-0.15, -0.1) is 11.3 Å². The molecular formula is C52H28N4S. The van der Waals surface area contributed by atoms with E-state index in [1.165, 1.54) is 74.6 Å². The zero-order valence-electron chi connectivity index (χ0n) is 30.4. The highest BCUT2D eigenvalue weighted by Crippen LogP contribution is 2.51. The molecule has 4 aromatic heterocycles. The van der Waals surface area contributed by atoms with E-state index in [0.717, 1.165) is 49.7 Å². The lowest BCUT2D eigenvalue weighted by Gasteiger charge is -2.14. The van der Waals surface area contributed by atoms with E-state index >= 15 is 0 Å². The van der Waals surface area contributed by atoms with E-state index in [4.69, 9.17) is 9.97 Å². The largest absolute Gasteiger partial charge is 0.309 e. The van der Waals surface area contributed by atoms with Crippen molar-refractivity contribution in [3.8, 4) is 34.0 Å². The predicted molar refractivity (Wildman–Crippen MR) is 241 cm³/mol. The lowest BCUT2D eigenvalue weighted by molar-refractivity contribution is 1.02. The first-order valence-corrected chi connectivity index (χ1v) is 20.2. The molecule has 1 aliphatic carbocycles. The Balaban J connectivity index is 1.19. The van der Waals surface area contributed by atoms with Crippen molar-refractivity contribution in [3.63, 3.8) is 0 Å². The summed E-state index contributed by atoms with van der Waals surface area (Å²) in [5, 5.41) is 13.5. The van der Waals surface area contributed by atoms with Crippen LogP contribution in [0.2, 0.25) is 0 Å². The van der Waals surface area contributed by atoms with Gasteiger partial charge >= 0.3 is 0 Å². The van der Waals surface area contributed by atoms with Gasteiger partial charge in [-0.2, -0.15) is 0 Å². The van der Waals surface area contributed by atoms with Crippen molar-refractivity contribution >= 4 is 108 Å². The second kappa shape index (κ2) is 10.7. The maximum Gasteiger partial charge on any atom is 0.235 e. The van der Waals surface area contributed by atoms with Crippen molar-refractivity contribution < 1.29 is 0 Å². The van der Waals surface area contributed by atoms with E-state index < -0.39 is 0 Å². The lowest BCUT2D eigenvalue weighted by atomic mass is 9.95. The molecule has 0 radical (unpaired) electrons. The molecule has 57 heavy (non-hydrogen) atoms. The highest BCUT2D eigenvalue weighted by atomic mass is 32.1. The SMILES string of the molecule is c1ccc(-n2c3ccc4cccc5c4c3c3c4c6c-5cccc6n(-c5nc(-c6cccc7sc8ccccc8c67)c6ccc7ccccc7c6n5)c4ccc32)cc1. The number of hydrogen-bond donors (Lipinski definition) is 0. The van der Waals surface area contributed by atoms with Gasteiger partial charge in [-0.3, -0.25) is 4.57 Å². The molecule has 0 aliphatic heterocycles. The molecule has 0 saturated carbocycles. The van der Waals surface area contributed by atoms with Crippen molar-refractivity contribution in [3.05, 3.63) is 170 Å². The molecule has 5 heteroatoms. The second-order valence-corrected chi connectivity index (χ2v) is 16.3. The number of nitrogens with zero attached hydrogens (tertiary/aromatic N) is 4. The molecule has 0 spiro atoms. The summed E-state index contributed by atoms with van der Waals surface area (Å²) in [5.41, 5.74) is 11.3. The third kappa shape index (κ3) is 3.77. The van der Waals surface area contributed by atoms with Gasteiger partial charge in [-0.25, -0.2) is 9.97 Å². The minimum atomic E-state index is 0.674. The summed E-state index contributed by atoms with van der Waals surface area (Å²) in [6.07, 6.45) is 0. The van der Waals surface area contributed by atoms with Crippen LogP contribution in [0.3, 0.4) is 0 Å². The minimum absolute atomic E-state index is 0.674. The summed E-state index contributed by atoms with van der Waals surface area (Å²) in [4.78, 5) is 11.3. The predicted octanol–water partition coefficient (Wildman–Crippen LogP) is 14.1. The fourth-order valence-electron chi connectivity index (χ4n) is 10.2. The summed E-state index contributed by atoms with van der Waals surface area (Å²) < 4.78 is 7.32. The van der Waals surface area contributed by atoms with Crippen molar-refractivity contribution in [1.29, 1.82) is 0 Å². The van der Waals surface area contributed by atoms with Crippen molar-refractivity contribution in [2.75, 3.05) is 0 Å². The Morgan fingerprint density at radius 2 is 0.965 bits per heavy atom. The molecule has 9 aromatic carbocycles. The smallest absolute Gasteiger partial charge is 0.235 e. The first-order valence-electron chi connectivity index (χ1n) is 19.4. The van der Waals surface area contributed by atoms with E-state index in [-0.39, 0.29) is 0 Å². The van der Waals surface area contributed by atoms with Gasteiger partial charge in [0.1, 0.15) is 0 Å². The molecule has 262 valence electrons. The molecule has 4 nitrogen and oxygen atoms in total. The van der Waals surface area contributed by atoms with Crippen LogP contribution in [-0.2, 0) is 0 Å². The quantitative estimate of drug-likeness (QED) is 0.169. The van der Waals surface area contributed by atoms with Gasteiger partial charge in [0.15, 0.2) is 0 Å². The Kier molecular flexibility index (Phi) is 5.62. The van der Waals surface area contributed by atoms with Gasteiger partial charge in [0.05, 0.1) is 33.3 Å². The number of thiophene rings is 1. The van der Waals surface area contributed by atoms with Crippen LogP contribution >= 0.6 is 11.3 Å². The molecule has 0 saturated heterocycles. The van der Waals surface area contributed by atoms with Crippen molar-refractivity contribution in [1.82, 2.24) is 19.1 Å². The number of hydrogen-bond acceptors (Lipinski definition) is 3. The second-order valence-electron chi connectivity index (χ2n) is 15.3. The van der Waals surface area contributed by atoms with Gasteiger partial charge in [-0.05, 0) is 81.9 Å². The first kappa shape index (κ1) is 29.9. The summed E-state index contributed by atoms with van der Waals surface area (Å²) >= 11 is 1.84. The molecule has 4 heterocycles. The average molecular weight is 741 g/mol. The van der Waals surface area contributed by atoms with E-state index in [0.29, 0.717) is 5.95 Å². The van der Waals surface area contributed by atoms with E-state index in [9.17, 15) is 0 Å². The fourth-order valence-corrected chi connectivity index (χ4v) is 11.3. The number of fused-ring (bicyclic) bond motifs is 7. The zero-order valence-corrected chi connectivity index (χ0v) is 31.2. The molecule has 0 fully saturated rings. The van der Waals surface area contributed by atoms with E-state index in [2.05, 4.69) is 179 Å². The molecule has 0 amide bonds. The van der Waals surface area contributed by atoms with Gasteiger partial charge < -0.3 is 4.57 Å². The molecular weight excluding hydrogens is 713 g/mol. The highest BCUT2D eigenvalue weighted by Gasteiger charge is 2.28. The van der Waals surface area contributed by atoms with Crippen LogP contribution in [0.5, 0.6) is 0 Å². The van der Waals surface area contributed by atoms with Crippen LogP contribution in [0.25, 0.3) is 130 Å². The number of para-hydroxylation sites is 1. The van der Waals surface area contributed by atoms with E-state index in [1.807, 2.05) is 11.3 Å². The first-order chi connectivity index (χ1) is 28.3. The fraction of sp³-hybridized carbons (Fsp3) is 0. The molecule has 1 aliphatic rings. The molecule has 0 atom stereocenters. The van der Waals surface area contributed by atoms with E-state index in [1.54, 1.807) is 0 Å². The Morgan fingerprint density at radius 3 is 1.86 bits per heavy atom. The summed E-state index contributed by atoms with van der Waals surface area (Å²) in [5.74, 6) is 0.674. The van der Waals surface area contributed by atoms with Gasteiger partial charge in [0.2, 0.25) is 5.95 Å². The Hall–Kier alpha value is -7.34. The topological polar surface area (TPSA) is 35.6 Å². The number of aromatic nitrogens is 4. The van der Waals surface area contributed by atoms with Crippen LogP contribution in [-0.4, -0.2) is 19.1 Å². The highest BCUT2D eigenvalue weighted by molar-refractivity contribution is 7.25. The average Bonchev–Trinajstić information content (AvgIpc) is 3.91. The summed E-state index contributed by atoms with van der Waals surface area (Å²) in [7, 11) is 0. The van der Waals surface area contributed by atoms with Gasteiger partial charge in [0, 0.05) is 63.7 Å². The maximum absolute atomic E-state index is 5.69. The zero-order chi connectivity index (χ0) is 36.9.